The third kappa shape index (κ3) is 4.94. The lowest BCUT2D eigenvalue weighted by molar-refractivity contribution is 0.192. The Morgan fingerprint density at radius 2 is 2.19 bits per heavy atom. The van der Waals surface area contributed by atoms with E-state index in [0.29, 0.717) is 0 Å². The molecule has 0 saturated carbocycles. The predicted octanol–water partition coefficient (Wildman–Crippen LogP) is 3.38. The molecule has 1 aromatic rings. The van der Waals surface area contributed by atoms with Gasteiger partial charge in [0, 0.05) is 26.5 Å². The highest BCUT2D eigenvalue weighted by Crippen LogP contribution is 2.20. The minimum atomic E-state index is 0.854. The van der Waals surface area contributed by atoms with E-state index >= 15 is 0 Å². The second-order valence-electron chi connectivity index (χ2n) is 3.82. The summed E-state index contributed by atoms with van der Waals surface area (Å²) < 4.78 is 6.03. The molecule has 3 nitrogen and oxygen atoms in total. The summed E-state index contributed by atoms with van der Waals surface area (Å²) in [6.07, 6.45) is 5.33. The molecular formula is C12H19BrN2O. The Morgan fingerprint density at radius 3 is 2.88 bits per heavy atom. The van der Waals surface area contributed by atoms with Crippen molar-refractivity contribution in [2.24, 2.45) is 0 Å². The molecule has 0 bridgehead atoms. The molecule has 16 heavy (non-hydrogen) atoms. The molecule has 0 amide bonds. The van der Waals surface area contributed by atoms with Crippen LogP contribution in [0.15, 0.2) is 16.7 Å². The number of unbranched alkanes of at least 4 members (excludes halogenated alkanes) is 2. The molecule has 0 aromatic carbocycles. The van der Waals surface area contributed by atoms with Gasteiger partial charge in [-0.05, 0) is 53.7 Å². The molecule has 0 spiro atoms. The lowest BCUT2D eigenvalue weighted by Gasteiger charge is -2.07. The summed E-state index contributed by atoms with van der Waals surface area (Å²) in [5, 5.41) is 3.32. The van der Waals surface area contributed by atoms with Crippen molar-refractivity contribution in [3.05, 3.63) is 22.3 Å². The van der Waals surface area contributed by atoms with Crippen molar-refractivity contribution in [1.82, 2.24) is 4.98 Å². The van der Waals surface area contributed by atoms with E-state index in [4.69, 9.17) is 4.74 Å². The molecule has 0 aliphatic rings. The summed E-state index contributed by atoms with van der Waals surface area (Å²) in [5.41, 5.74) is 1.16. The Kier molecular flexibility index (Phi) is 6.42. The maximum atomic E-state index is 5.00. The van der Waals surface area contributed by atoms with Crippen molar-refractivity contribution in [3.8, 4) is 0 Å². The Balaban J connectivity index is 2.21. The molecular weight excluding hydrogens is 268 g/mol. The van der Waals surface area contributed by atoms with Gasteiger partial charge in [-0.25, -0.2) is 4.98 Å². The fourth-order valence-electron chi connectivity index (χ4n) is 1.42. The molecule has 0 unspecified atom stereocenters. The molecule has 1 aromatic heterocycles. The topological polar surface area (TPSA) is 34.1 Å². The van der Waals surface area contributed by atoms with Gasteiger partial charge in [0.05, 0.1) is 4.47 Å². The number of rotatable bonds is 7. The van der Waals surface area contributed by atoms with Gasteiger partial charge in [0.1, 0.15) is 5.82 Å². The van der Waals surface area contributed by atoms with Gasteiger partial charge in [-0.15, -0.1) is 0 Å². The zero-order valence-corrected chi connectivity index (χ0v) is 11.5. The van der Waals surface area contributed by atoms with E-state index < -0.39 is 0 Å². The van der Waals surface area contributed by atoms with Crippen molar-refractivity contribution >= 4 is 21.7 Å². The van der Waals surface area contributed by atoms with Crippen molar-refractivity contribution in [3.63, 3.8) is 0 Å². The van der Waals surface area contributed by atoms with E-state index in [1.165, 1.54) is 6.42 Å². The molecule has 4 heteroatoms. The number of nitrogens with one attached hydrogen (secondary N) is 1. The van der Waals surface area contributed by atoms with Crippen LogP contribution in [-0.2, 0) is 4.74 Å². The highest BCUT2D eigenvalue weighted by atomic mass is 79.9. The summed E-state index contributed by atoms with van der Waals surface area (Å²) >= 11 is 3.50. The molecule has 0 saturated heterocycles. The van der Waals surface area contributed by atoms with Gasteiger partial charge in [0.25, 0.3) is 0 Å². The van der Waals surface area contributed by atoms with Crippen LogP contribution < -0.4 is 5.32 Å². The number of hydrogen-bond acceptors (Lipinski definition) is 3. The van der Waals surface area contributed by atoms with Gasteiger partial charge < -0.3 is 10.1 Å². The number of aryl methyl sites for hydroxylation is 1. The smallest absolute Gasteiger partial charge is 0.140 e. The van der Waals surface area contributed by atoms with E-state index in [9.17, 15) is 0 Å². The summed E-state index contributed by atoms with van der Waals surface area (Å²) in [4.78, 5) is 4.33. The normalized spacial score (nSPS) is 10.4. The van der Waals surface area contributed by atoms with Gasteiger partial charge in [-0.3, -0.25) is 0 Å². The summed E-state index contributed by atoms with van der Waals surface area (Å²) in [6.45, 7) is 3.84. The Labute approximate surface area is 106 Å². The van der Waals surface area contributed by atoms with Crippen molar-refractivity contribution < 1.29 is 4.74 Å². The van der Waals surface area contributed by atoms with Gasteiger partial charge in [-0.1, -0.05) is 0 Å². The Morgan fingerprint density at radius 1 is 1.38 bits per heavy atom. The standard InChI is InChI=1S/C12H19BrN2O/c1-10-8-11(13)12(15-9-10)14-6-4-3-5-7-16-2/h8-9H,3-7H2,1-2H3,(H,14,15). The van der Waals surface area contributed by atoms with Crippen LogP contribution in [0.5, 0.6) is 0 Å². The zero-order chi connectivity index (χ0) is 11.8. The molecule has 0 fully saturated rings. The molecule has 0 atom stereocenters. The number of ether oxygens (including phenoxy) is 1. The number of pyridine rings is 1. The molecule has 0 aliphatic heterocycles. The van der Waals surface area contributed by atoms with E-state index in [-0.39, 0.29) is 0 Å². The van der Waals surface area contributed by atoms with E-state index in [0.717, 1.165) is 41.8 Å². The first-order valence-electron chi connectivity index (χ1n) is 5.59. The van der Waals surface area contributed by atoms with E-state index in [2.05, 4.69) is 32.3 Å². The van der Waals surface area contributed by atoms with Crippen LogP contribution in [0.25, 0.3) is 0 Å². The second-order valence-corrected chi connectivity index (χ2v) is 4.68. The van der Waals surface area contributed by atoms with Gasteiger partial charge in [0.15, 0.2) is 0 Å². The number of methoxy groups -OCH3 is 1. The van der Waals surface area contributed by atoms with Crippen LogP contribution in [-0.4, -0.2) is 25.2 Å². The molecule has 0 radical (unpaired) electrons. The monoisotopic (exact) mass is 286 g/mol. The van der Waals surface area contributed by atoms with Crippen molar-refractivity contribution in [1.29, 1.82) is 0 Å². The third-order valence-corrected chi connectivity index (χ3v) is 2.90. The fraction of sp³-hybridized carbons (Fsp3) is 0.583. The van der Waals surface area contributed by atoms with Crippen molar-refractivity contribution in [2.75, 3.05) is 25.6 Å². The summed E-state index contributed by atoms with van der Waals surface area (Å²) in [5.74, 6) is 0.928. The largest absolute Gasteiger partial charge is 0.385 e. The average molecular weight is 287 g/mol. The number of halogens is 1. The highest BCUT2D eigenvalue weighted by molar-refractivity contribution is 9.10. The summed E-state index contributed by atoms with van der Waals surface area (Å²) in [7, 11) is 1.74. The van der Waals surface area contributed by atoms with Gasteiger partial charge >= 0.3 is 0 Å². The minimum absolute atomic E-state index is 0.854. The van der Waals surface area contributed by atoms with Crippen LogP contribution in [0.2, 0.25) is 0 Å². The quantitative estimate of drug-likeness (QED) is 0.781. The van der Waals surface area contributed by atoms with Crippen LogP contribution in [0, 0.1) is 6.92 Å². The van der Waals surface area contributed by atoms with Crippen LogP contribution in [0.3, 0.4) is 0 Å². The second kappa shape index (κ2) is 7.63. The number of aromatic nitrogens is 1. The molecule has 1 rings (SSSR count). The maximum absolute atomic E-state index is 5.00. The van der Waals surface area contributed by atoms with Crippen LogP contribution >= 0.6 is 15.9 Å². The predicted molar refractivity (Wildman–Crippen MR) is 70.9 cm³/mol. The first-order chi connectivity index (χ1) is 7.74. The third-order valence-electron chi connectivity index (χ3n) is 2.30. The van der Waals surface area contributed by atoms with Crippen LogP contribution in [0.4, 0.5) is 5.82 Å². The highest BCUT2D eigenvalue weighted by Gasteiger charge is 2.00. The molecule has 1 N–H and O–H groups in total. The van der Waals surface area contributed by atoms with Gasteiger partial charge in [0.2, 0.25) is 0 Å². The minimum Gasteiger partial charge on any atom is -0.385 e. The SMILES string of the molecule is COCCCCCNc1ncc(C)cc1Br. The number of anilines is 1. The molecule has 1 heterocycles. The Bertz CT molecular complexity index is 318. The van der Waals surface area contributed by atoms with Crippen molar-refractivity contribution in [2.45, 2.75) is 26.2 Å². The van der Waals surface area contributed by atoms with Crippen LogP contribution in [0.1, 0.15) is 24.8 Å². The Hall–Kier alpha value is -0.610. The van der Waals surface area contributed by atoms with E-state index in [1.54, 1.807) is 7.11 Å². The lowest BCUT2D eigenvalue weighted by Crippen LogP contribution is -2.04. The first-order valence-corrected chi connectivity index (χ1v) is 6.38. The zero-order valence-electron chi connectivity index (χ0n) is 9.92. The number of nitrogens with zero attached hydrogens (tertiary/aromatic N) is 1. The molecule has 0 aliphatic carbocycles. The average Bonchev–Trinajstić information content (AvgIpc) is 2.26. The maximum Gasteiger partial charge on any atom is 0.140 e. The fourth-order valence-corrected chi connectivity index (χ4v) is 2.02. The lowest BCUT2D eigenvalue weighted by atomic mass is 10.2. The first kappa shape index (κ1) is 13.5. The summed E-state index contributed by atoms with van der Waals surface area (Å²) in [6, 6.07) is 2.07. The number of hydrogen-bond donors (Lipinski definition) is 1. The van der Waals surface area contributed by atoms with Gasteiger partial charge in [-0.2, -0.15) is 0 Å². The molecule has 90 valence electrons. The van der Waals surface area contributed by atoms with E-state index in [1.807, 2.05) is 13.1 Å².